The van der Waals surface area contributed by atoms with Crippen LogP contribution in [0.5, 0.6) is 0 Å². The van der Waals surface area contributed by atoms with Gasteiger partial charge in [0.15, 0.2) is 5.69 Å². The summed E-state index contributed by atoms with van der Waals surface area (Å²) < 4.78 is 5.03. The molecule has 0 atom stereocenters. The van der Waals surface area contributed by atoms with Gasteiger partial charge in [-0.15, -0.1) is 0 Å². The van der Waals surface area contributed by atoms with Gasteiger partial charge in [-0.3, -0.25) is 4.98 Å². The first kappa shape index (κ1) is 12.0. The fourth-order valence-corrected chi connectivity index (χ4v) is 1.49. The Morgan fingerprint density at radius 1 is 1.44 bits per heavy atom. The third kappa shape index (κ3) is 2.45. The van der Waals surface area contributed by atoms with Crippen LogP contribution in [0.1, 0.15) is 27.5 Å². The molecule has 2 rings (SSSR count). The summed E-state index contributed by atoms with van der Waals surface area (Å²) in [5, 5.41) is 15.6. The van der Waals surface area contributed by atoms with Crippen molar-refractivity contribution in [3.8, 4) is 0 Å². The van der Waals surface area contributed by atoms with Crippen molar-refractivity contribution < 1.29 is 14.4 Å². The van der Waals surface area contributed by atoms with Crippen LogP contribution in [0, 0.1) is 13.8 Å². The summed E-state index contributed by atoms with van der Waals surface area (Å²) in [6.45, 7) is 4.11. The first-order valence-corrected chi connectivity index (χ1v) is 5.29. The van der Waals surface area contributed by atoms with Crippen molar-refractivity contribution in [1.82, 2.24) is 15.1 Å². The maximum absolute atomic E-state index is 10.7. The summed E-state index contributed by atoms with van der Waals surface area (Å²) in [4.78, 5) is 18.5. The van der Waals surface area contributed by atoms with E-state index in [0.717, 1.165) is 17.0 Å². The molecule has 18 heavy (non-hydrogen) atoms. The van der Waals surface area contributed by atoms with Gasteiger partial charge in [0, 0.05) is 12.1 Å². The third-order valence-electron chi connectivity index (χ3n) is 2.48. The van der Waals surface area contributed by atoms with Crippen molar-refractivity contribution in [1.29, 1.82) is 0 Å². The van der Waals surface area contributed by atoms with E-state index >= 15 is 0 Å². The SMILES string of the molecule is Cc1noc(C)c1CNc1cncc(C(=O)O)n1. The van der Waals surface area contributed by atoms with Crippen molar-refractivity contribution in [2.75, 3.05) is 5.32 Å². The van der Waals surface area contributed by atoms with Gasteiger partial charge in [-0.05, 0) is 13.8 Å². The van der Waals surface area contributed by atoms with Gasteiger partial charge < -0.3 is 14.9 Å². The highest BCUT2D eigenvalue weighted by Crippen LogP contribution is 2.14. The van der Waals surface area contributed by atoms with Crippen molar-refractivity contribution in [2.24, 2.45) is 0 Å². The molecule has 0 fully saturated rings. The minimum atomic E-state index is -1.11. The smallest absolute Gasteiger partial charge is 0.356 e. The lowest BCUT2D eigenvalue weighted by molar-refractivity contribution is 0.0690. The molecule has 0 radical (unpaired) electrons. The van der Waals surface area contributed by atoms with Gasteiger partial charge in [-0.2, -0.15) is 0 Å². The molecule has 0 saturated carbocycles. The number of nitrogens with zero attached hydrogens (tertiary/aromatic N) is 3. The van der Waals surface area contributed by atoms with E-state index in [1.54, 1.807) is 0 Å². The monoisotopic (exact) mass is 248 g/mol. The van der Waals surface area contributed by atoms with E-state index < -0.39 is 5.97 Å². The molecular weight excluding hydrogens is 236 g/mol. The summed E-state index contributed by atoms with van der Waals surface area (Å²) in [6, 6.07) is 0. The third-order valence-corrected chi connectivity index (χ3v) is 2.48. The highest BCUT2D eigenvalue weighted by molar-refractivity contribution is 5.85. The second kappa shape index (κ2) is 4.82. The zero-order chi connectivity index (χ0) is 13.1. The number of aromatic nitrogens is 3. The van der Waals surface area contributed by atoms with Crippen LogP contribution in [0.3, 0.4) is 0 Å². The Kier molecular flexibility index (Phi) is 3.22. The standard InChI is InChI=1S/C11H12N4O3/c1-6-8(7(2)18-15-6)3-13-10-5-12-4-9(14-10)11(16)17/h4-5H,3H2,1-2H3,(H,13,14)(H,16,17). The number of aryl methyl sites for hydroxylation is 2. The van der Waals surface area contributed by atoms with Crippen molar-refractivity contribution in [3.63, 3.8) is 0 Å². The van der Waals surface area contributed by atoms with Crippen LogP contribution in [-0.2, 0) is 6.54 Å². The number of carboxylic acid groups (broad SMARTS) is 1. The molecule has 0 amide bonds. The van der Waals surface area contributed by atoms with Gasteiger partial charge in [-0.25, -0.2) is 9.78 Å². The van der Waals surface area contributed by atoms with Gasteiger partial charge in [0.1, 0.15) is 11.6 Å². The fourth-order valence-electron chi connectivity index (χ4n) is 1.49. The second-order valence-electron chi connectivity index (χ2n) is 3.75. The molecule has 94 valence electrons. The first-order chi connectivity index (χ1) is 8.58. The van der Waals surface area contributed by atoms with Gasteiger partial charge in [0.05, 0.1) is 18.1 Å². The quantitative estimate of drug-likeness (QED) is 0.842. The Bertz CT molecular complexity index is 560. The van der Waals surface area contributed by atoms with Crippen molar-refractivity contribution >= 4 is 11.8 Å². The maximum atomic E-state index is 10.7. The molecule has 0 aliphatic rings. The summed E-state index contributed by atoms with van der Waals surface area (Å²) in [7, 11) is 0. The van der Waals surface area contributed by atoms with Crippen LogP contribution in [0.4, 0.5) is 5.82 Å². The van der Waals surface area contributed by atoms with Gasteiger partial charge in [-0.1, -0.05) is 5.16 Å². The van der Waals surface area contributed by atoms with E-state index in [9.17, 15) is 4.79 Å². The Labute approximate surface area is 103 Å². The van der Waals surface area contributed by atoms with Gasteiger partial charge in [0.2, 0.25) is 0 Å². The fraction of sp³-hybridized carbons (Fsp3) is 0.273. The van der Waals surface area contributed by atoms with E-state index in [4.69, 9.17) is 9.63 Å². The number of rotatable bonds is 4. The largest absolute Gasteiger partial charge is 0.476 e. The van der Waals surface area contributed by atoms with Crippen LogP contribution >= 0.6 is 0 Å². The predicted molar refractivity (Wildman–Crippen MR) is 62.3 cm³/mol. The number of carbonyl (C=O) groups is 1. The summed E-state index contributed by atoms with van der Waals surface area (Å²) in [6.07, 6.45) is 2.66. The number of aromatic carboxylic acids is 1. The predicted octanol–water partition coefficient (Wildman–Crippen LogP) is 1.39. The average molecular weight is 248 g/mol. The molecule has 7 heteroatoms. The number of hydrogen-bond donors (Lipinski definition) is 2. The molecule has 0 bridgehead atoms. The van der Waals surface area contributed by atoms with Crippen LogP contribution in [0.2, 0.25) is 0 Å². The summed E-state index contributed by atoms with van der Waals surface area (Å²) in [5.41, 5.74) is 1.62. The van der Waals surface area contributed by atoms with E-state index in [-0.39, 0.29) is 5.69 Å². The minimum absolute atomic E-state index is 0.0984. The molecule has 0 saturated heterocycles. The van der Waals surface area contributed by atoms with Crippen molar-refractivity contribution in [3.05, 3.63) is 35.1 Å². The molecule has 0 aromatic carbocycles. The molecule has 0 spiro atoms. The Morgan fingerprint density at radius 3 is 2.83 bits per heavy atom. The van der Waals surface area contributed by atoms with E-state index in [1.807, 2.05) is 13.8 Å². The normalized spacial score (nSPS) is 10.3. The average Bonchev–Trinajstić information content (AvgIpc) is 2.67. The van der Waals surface area contributed by atoms with Crippen molar-refractivity contribution in [2.45, 2.75) is 20.4 Å². The highest BCUT2D eigenvalue weighted by Gasteiger charge is 2.10. The molecular formula is C11H12N4O3. The zero-order valence-corrected chi connectivity index (χ0v) is 9.97. The molecule has 7 nitrogen and oxygen atoms in total. The van der Waals surface area contributed by atoms with Crippen LogP contribution in [0.25, 0.3) is 0 Å². The lowest BCUT2D eigenvalue weighted by Crippen LogP contribution is -2.07. The van der Waals surface area contributed by atoms with E-state index in [0.29, 0.717) is 12.4 Å². The Morgan fingerprint density at radius 2 is 2.22 bits per heavy atom. The number of carboxylic acids is 1. The Balaban J connectivity index is 2.11. The topological polar surface area (TPSA) is 101 Å². The molecule has 0 unspecified atom stereocenters. The molecule has 2 aromatic rings. The lowest BCUT2D eigenvalue weighted by Gasteiger charge is -2.05. The number of nitrogens with one attached hydrogen (secondary N) is 1. The van der Waals surface area contributed by atoms with Crippen LogP contribution < -0.4 is 5.32 Å². The summed E-state index contributed by atoms with van der Waals surface area (Å²) >= 11 is 0. The van der Waals surface area contributed by atoms with E-state index in [2.05, 4.69) is 20.4 Å². The van der Waals surface area contributed by atoms with E-state index in [1.165, 1.54) is 12.4 Å². The maximum Gasteiger partial charge on any atom is 0.356 e. The van der Waals surface area contributed by atoms with Crippen LogP contribution in [-0.4, -0.2) is 26.2 Å². The number of hydrogen-bond acceptors (Lipinski definition) is 6. The second-order valence-corrected chi connectivity index (χ2v) is 3.75. The number of anilines is 1. The minimum Gasteiger partial charge on any atom is -0.476 e. The lowest BCUT2D eigenvalue weighted by atomic mass is 10.2. The van der Waals surface area contributed by atoms with Gasteiger partial charge >= 0.3 is 5.97 Å². The molecule has 2 aromatic heterocycles. The highest BCUT2D eigenvalue weighted by atomic mass is 16.5. The molecule has 2 N–H and O–H groups in total. The molecule has 2 heterocycles. The summed E-state index contributed by atoms with van der Waals surface area (Å²) in [5.74, 6) is 0.0146. The first-order valence-electron chi connectivity index (χ1n) is 5.29. The van der Waals surface area contributed by atoms with Gasteiger partial charge in [0.25, 0.3) is 0 Å². The van der Waals surface area contributed by atoms with Crippen LogP contribution in [0.15, 0.2) is 16.9 Å². The molecule has 0 aliphatic heterocycles. The zero-order valence-electron chi connectivity index (χ0n) is 9.97. The molecule has 0 aliphatic carbocycles. The Hall–Kier alpha value is -2.44.